The highest BCUT2D eigenvalue weighted by molar-refractivity contribution is 7.89. The lowest BCUT2D eigenvalue weighted by atomic mass is 10.1. The molecule has 126 valence electrons. The number of rotatable bonds is 3. The van der Waals surface area contributed by atoms with Gasteiger partial charge >= 0.3 is 6.03 Å². The van der Waals surface area contributed by atoms with Gasteiger partial charge in [-0.05, 0) is 18.2 Å². The van der Waals surface area contributed by atoms with Crippen molar-refractivity contribution < 1.29 is 17.9 Å². The first-order valence-corrected chi connectivity index (χ1v) is 8.99. The minimum Gasteiger partial charge on any atom is -0.379 e. The lowest BCUT2D eigenvalue weighted by molar-refractivity contribution is -0.0189. The van der Waals surface area contributed by atoms with Crippen molar-refractivity contribution >= 4 is 21.7 Å². The summed E-state index contributed by atoms with van der Waals surface area (Å²) >= 11 is 0. The van der Waals surface area contributed by atoms with Gasteiger partial charge in [0.25, 0.3) is 0 Å². The highest BCUT2D eigenvalue weighted by atomic mass is 32.2. The molecule has 0 aromatic heterocycles. The first-order valence-electron chi connectivity index (χ1n) is 7.44. The Hall–Kier alpha value is -1.68. The van der Waals surface area contributed by atoms with E-state index in [2.05, 4.69) is 10.2 Å². The van der Waals surface area contributed by atoms with Crippen LogP contribution in [0.1, 0.15) is 0 Å². The molecule has 2 fully saturated rings. The third kappa shape index (κ3) is 3.81. The smallest absolute Gasteiger partial charge is 0.321 e. The zero-order valence-corrected chi connectivity index (χ0v) is 13.5. The molecule has 9 heteroatoms. The van der Waals surface area contributed by atoms with Crippen LogP contribution >= 0.6 is 0 Å². The van der Waals surface area contributed by atoms with Gasteiger partial charge in [0, 0.05) is 37.9 Å². The van der Waals surface area contributed by atoms with Gasteiger partial charge in [0.05, 0.1) is 18.1 Å². The molecule has 2 aliphatic rings. The summed E-state index contributed by atoms with van der Waals surface area (Å²) < 4.78 is 28.0. The molecule has 0 saturated carbocycles. The number of anilines is 1. The van der Waals surface area contributed by atoms with Crippen LogP contribution in [0.2, 0.25) is 0 Å². The molecule has 2 heterocycles. The summed E-state index contributed by atoms with van der Waals surface area (Å²) in [5.74, 6) is 0. The van der Waals surface area contributed by atoms with Crippen molar-refractivity contribution in [3.05, 3.63) is 24.3 Å². The van der Waals surface area contributed by atoms with E-state index in [1.54, 1.807) is 17.0 Å². The standard InChI is InChI=1S/C14H20N4O4S/c15-23(20,21)13-3-1-2-11(8-13)16-14(19)18-9-12(10-18)17-4-6-22-7-5-17/h1-3,8,12H,4-7,9-10H2,(H,16,19)(H2,15,20,21). The van der Waals surface area contributed by atoms with Crippen LogP contribution in [-0.4, -0.2) is 69.7 Å². The lowest BCUT2D eigenvalue weighted by Crippen LogP contribution is -2.63. The molecular formula is C14H20N4O4S. The van der Waals surface area contributed by atoms with Crippen LogP contribution in [-0.2, 0) is 14.8 Å². The molecule has 1 aromatic carbocycles. The number of urea groups is 1. The molecule has 0 unspecified atom stereocenters. The van der Waals surface area contributed by atoms with Crippen molar-refractivity contribution in [2.45, 2.75) is 10.9 Å². The van der Waals surface area contributed by atoms with Gasteiger partial charge in [-0.3, -0.25) is 4.90 Å². The van der Waals surface area contributed by atoms with E-state index in [4.69, 9.17) is 9.88 Å². The third-order valence-electron chi connectivity index (χ3n) is 4.13. The van der Waals surface area contributed by atoms with Crippen molar-refractivity contribution in [1.82, 2.24) is 9.80 Å². The molecule has 0 aliphatic carbocycles. The van der Waals surface area contributed by atoms with Crippen molar-refractivity contribution in [3.63, 3.8) is 0 Å². The molecule has 0 atom stereocenters. The summed E-state index contributed by atoms with van der Waals surface area (Å²) in [5, 5.41) is 7.79. The second-order valence-electron chi connectivity index (χ2n) is 5.71. The number of ether oxygens (including phenoxy) is 1. The number of likely N-dealkylation sites (tertiary alicyclic amines) is 1. The lowest BCUT2D eigenvalue weighted by Gasteiger charge is -2.46. The quantitative estimate of drug-likeness (QED) is 0.798. The number of nitrogens with zero attached hydrogens (tertiary/aromatic N) is 2. The van der Waals surface area contributed by atoms with Gasteiger partial charge in [-0.25, -0.2) is 18.4 Å². The number of hydrogen-bond acceptors (Lipinski definition) is 5. The van der Waals surface area contributed by atoms with Gasteiger partial charge in [0.2, 0.25) is 10.0 Å². The molecule has 1 aromatic rings. The normalized spacial score (nSPS) is 20.1. The number of carbonyl (C=O) groups is 1. The molecule has 0 spiro atoms. The van der Waals surface area contributed by atoms with E-state index >= 15 is 0 Å². The van der Waals surface area contributed by atoms with Gasteiger partial charge in [-0.1, -0.05) is 6.07 Å². The Kier molecular flexibility index (Phi) is 4.53. The van der Waals surface area contributed by atoms with E-state index in [0.717, 1.165) is 26.3 Å². The number of sulfonamides is 1. The molecule has 23 heavy (non-hydrogen) atoms. The summed E-state index contributed by atoms with van der Waals surface area (Å²) in [4.78, 5) is 16.2. The SMILES string of the molecule is NS(=O)(=O)c1cccc(NC(=O)N2CC(N3CCOCC3)C2)c1. The van der Waals surface area contributed by atoms with Crippen LogP contribution < -0.4 is 10.5 Å². The number of primary sulfonamides is 1. The fraction of sp³-hybridized carbons (Fsp3) is 0.500. The number of benzene rings is 1. The number of nitrogens with two attached hydrogens (primary N) is 1. The molecule has 2 amide bonds. The first-order chi connectivity index (χ1) is 10.9. The molecule has 8 nitrogen and oxygen atoms in total. The highest BCUT2D eigenvalue weighted by Crippen LogP contribution is 2.19. The minimum atomic E-state index is -3.78. The van der Waals surface area contributed by atoms with E-state index < -0.39 is 10.0 Å². The van der Waals surface area contributed by atoms with Gasteiger partial charge in [-0.15, -0.1) is 0 Å². The summed E-state index contributed by atoms with van der Waals surface area (Å²) in [6.07, 6.45) is 0. The Balaban J connectivity index is 1.54. The van der Waals surface area contributed by atoms with Crippen LogP contribution in [0.15, 0.2) is 29.2 Å². The van der Waals surface area contributed by atoms with Crippen molar-refractivity contribution in [2.24, 2.45) is 5.14 Å². The topological polar surface area (TPSA) is 105 Å². The average molecular weight is 340 g/mol. The predicted molar refractivity (Wildman–Crippen MR) is 84.6 cm³/mol. The van der Waals surface area contributed by atoms with E-state index in [1.807, 2.05) is 0 Å². The van der Waals surface area contributed by atoms with Gasteiger partial charge < -0.3 is 15.0 Å². The summed E-state index contributed by atoms with van der Waals surface area (Å²) in [5.41, 5.74) is 0.413. The van der Waals surface area contributed by atoms with Gasteiger partial charge in [-0.2, -0.15) is 0 Å². The second kappa shape index (κ2) is 6.44. The maximum absolute atomic E-state index is 12.2. The maximum Gasteiger partial charge on any atom is 0.321 e. The zero-order valence-electron chi connectivity index (χ0n) is 12.6. The summed E-state index contributed by atoms with van der Waals surface area (Å²) in [6.45, 7) is 4.61. The minimum absolute atomic E-state index is 0.0231. The van der Waals surface area contributed by atoms with Crippen LogP contribution in [0.3, 0.4) is 0 Å². The van der Waals surface area contributed by atoms with E-state index in [9.17, 15) is 13.2 Å². The van der Waals surface area contributed by atoms with Crippen LogP contribution in [0.5, 0.6) is 0 Å². The Morgan fingerprint density at radius 2 is 1.96 bits per heavy atom. The first kappa shape index (κ1) is 16.2. The molecular weight excluding hydrogens is 320 g/mol. The summed E-state index contributed by atoms with van der Waals surface area (Å²) in [6, 6.07) is 6.06. The number of amides is 2. The number of carbonyl (C=O) groups excluding carboxylic acids is 1. The third-order valence-corrected chi connectivity index (χ3v) is 5.04. The van der Waals surface area contributed by atoms with Crippen molar-refractivity contribution in [1.29, 1.82) is 0 Å². The Morgan fingerprint density at radius 3 is 2.61 bits per heavy atom. The summed E-state index contributed by atoms with van der Waals surface area (Å²) in [7, 11) is -3.78. The fourth-order valence-corrected chi connectivity index (χ4v) is 3.31. The molecule has 0 radical (unpaired) electrons. The molecule has 3 N–H and O–H groups in total. The molecule has 0 bridgehead atoms. The predicted octanol–water partition coefficient (Wildman–Crippen LogP) is -0.118. The van der Waals surface area contributed by atoms with Gasteiger partial charge in [0.15, 0.2) is 0 Å². The Morgan fingerprint density at radius 1 is 1.26 bits per heavy atom. The molecule has 2 saturated heterocycles. The molecule has 3 rings (SSSR count). The number of hydrogen-bond donors (Lipinski definition) is 2. The van der Waals surface area contributed by atoms with Crippen LogP contribution in [0, 0.1) is 0 Å². The Labute approximate surface area is 135 Å². The maximum atomic E-state index is 12.2. The largest absolute Gasteiger partial charge is 0.379 e. The van der Waals surface area contributed by atoms with E-state index in [0.29, 0.717) is 24.8 Å². The number of nitrogens with one attached hydrogen (secondary N) is 1. The average Bonchev–Trinajstić information content (AvgIpc) is 2.46. The number of morpholine rings is 1. The Bertz CT molecular complexity index is 682. The monoisotopic (exact) mass is 340 g/mol. The van der Waals surface area contributed by atoms with Crippen LogP contribution in [0.25, 0.3) is 0 Å². The fourth-order valence-electron chi connectivity index (χ4n) is 2.75. The van der Waals surface area contributed by atoms with E-state index in [1.165, 1.54) is 12.1 Å². The highest BCUT2D eigenvalue weighted by Gasteiger charge is 2.35. The van der Waals surface area contributed by atoms with E-state index in [-0.39, 0.29) is 10.9 Å². The van der Waals surface area contributed by atoms with Crippen molar-refractivity contribution in [3.8, 4) is 0 Å². The van der Waals surface area contributed by atoms with Crippen LogP contribution in [0.4, 0.5) is 10.5 Å². The molecule has 2 aliphatic heterocycles. The van der Waals surface area contributed by atoms with Gasteiger partial charge in [0.1, 0.15) is 0 Å². The van der Waals surface area contributed by atoms with Crippen molar-refractivity contribution in [2.75, 3.05) is 44.7 Å². The zero-order chi connectivity index (χ0) is 16.4. The second-order valence-corrected chi connectivity index (χ2v) is 7.27.